The van der Waals surface area contributed by atoms with Gasteiger partial charge < -0.3 is 36.3 Å². The van der Waals surface area contributed by atoms with Crippen LogP contribution in [0, 0.1) is 12.3 Å². The first-order valence-electron chi connectivity index (χ1n) is 25.1. The summed E-state index contributed by atoms with van der Waals surface area (Å²) in [6.07, 6.45) is 9.54. The zero-order chi connectivity index (χ0) is 49.8. The number of benzene rings is 3. The molecule has 0 bridgehead atoms. The third kappa shape index (κ3) is 14.1. The van der Waals surface area contributed by atoms with E-state index in [0.29, 0.717) is 42.2 Å². The lowest BCUT2D eigenvalue weighted by Gasteiger charge is -2.35. The Labute approximate surface area is 416 Å². The van der Waals surface area contributed by atoms with Crippen LogP contribution in [0.3, 0.4) is 0 Å². The van der Waals surface area contributed by atoms with Crippen LogP contribution in [0.4, 0.5) is 5.69 Å². The predicted molar refractivity (Wildman–Crippen MR) is 275 cm³/mol. The Morgan fingerprint density at radius 1 is 0.886 bits per heavy atom. The monoisotopic (exact) mass is 974 g/mol. The highest BCUT2D eigenvalue weighted by molar-refractivity contribution is 7.13. The van der Waals surface area contributed by atoms with Crippen molar-refractivity contribution in [3.05, 3.63) is 100 Å². The van der Waals surface area contributed by atoms with Crippen LogP contribution in [0.25, 0.3) is 21.5 Å². The van der Waals surface area contributed by atoms with Crippen molar-refractivity contribution in [1.82, 2.24) is 40.7 Å². The number of imidazole rings is 1. The number of aromatic amines is 1. The summed E-state index contributed by atoms with van der Waals surface area (Å²) in [5, 5.41) is 22.5. The molecule has 2 aliphatic rings. The third-order valence-corrected chi connectivity index (χ3v) is 14.5. The molecule has 0 aliphatic carbocycles. The van der Waals surface area contributed by atoms with E-state index in [0.717, 1.165) is 96.6 Å². The summed E-state index contributed by atoms with van der Waals surface area (Å²) in [6.45, 7) is 12.6. The Balaban J connectivity index is 0.752. The quantitative estimate of drug-likeness (QED) is 0.0369. The smallest absolute Gasteiger partial charge is 0.255 e. The number of anilines is 1. The number of nitrogens with zero attached hydrogens (tertiary/aromatic N) is 4. The van der Waals surface area contributed by atoms with Gasteiger partial charge in [0.25, 0.3) is 11.8 Å². The zero-order valence-electron chi connectivity index (χ0n) is 41.4. The SMILES string of the molecule is Cc1ncsc1-c1ccc(CNC(=O)[C@@H]2C[C@@H](O)CN2C(=O)[C@@H](NC(=O)CCCCCCCCCCNC(=O)c2cccc(C(=O)Nc3ccc4nc(CN5CCC[C@@H]5C)[nH]c4c3)c2)C(C)(C)C)cc1. The van der Waals surface area contributed by atoms with E-state index in [1.165, 1.54) is 17.7 Å². The van der Waals surface area contributed by atoms with Gasteiger partial charge in [0.1, 0.15) is 17.9 Å². The van der Waals surface area contributed by atoms with Crippen molar-refractivity contribution in [2.45, 2.75) is 149 Å². The second kappa shape index (κ2) is 24.2. The number of aliphatic hydroxyl groups is 1. The number of carbonyl (C=O) groups excluding carboxylic acids is 5. The van der Waals surface area contributed by atoms with Crippen molar-refractivity contribution >= 4 is 57.6 Å². The second-order valence-electron chi connectivity index (χ2n) is 20.2. The molecule has 374 valence electrons. The lowest BCUT2D eigenvalue weighted by atomic mass is 9.85. The van der Waals surface area contributed by atoms with Gasteiger partial charge in [-0.05, 0) is 99.0 Å². The van der Waals surface area contributed by atoms with Gasteiger partial charge in [-0.15, -0.1) is 11.3 Å². The summed E-state index contributed by atoms with van der Waals surface area (Å²) < 4.78 is 0. The number of nitrogens with one attached hydrogen (secondary N) is 5. The standard InChI is InChI=1S/C54H71N9O6S/c1-35-16-15-27-62(35)33-46-59-43-25-24-41(29-44(43)60-46)58-51(67)40-18-14-17-39(28-40)50(66)55-26-13-11-9-7-6-8-10-12-19-47(65)61-49(54(3,4)5)53(69)63-32-42(64)30-45(63)52(68)56-31-37-20-22-38(23-21-37)48-36(2)57-34-70-48/h14,17-18,20-25,28-29,34-35,42,45,49,64H,6-13,15-16,19,26-27,30-33H2,1-5H3,(H,55,66)(H,56,68)(H,58,67)(H,59,60)(H,61,65)/t35-,42+,45-,49+/m0/s1. The minimum atomic E-state index is -0.859. The molecule has 15 nitrogen and oxygen atoms in total. The number of β-amino-alcohol motifs (C(OH)–C–C–N with tert-alkyl or cyclic N) is 1. The second-order valence-corrected chi connectivity index (χ2v) is 21.0. The number of thiazole rings is 1. The summed E-state index contributed by atoms with van der Waals surface area (Å²) in [7, 11) is 0. The number of aromatic nitrogens is 3. The van der Waals surface area contributed by atoms with E-state index >= 15 is 0 Å². The molecule has 70 heavy (non-hydrogen) atoms. The highest BCUT2D eigenvalue weighted by atomic mass is 32.1. The number of amides is 5. The van der Waals surface area contributed by atoms with Crippen molar-refractivity contribution in [2.75, 3.05) is 25.0 Å². The lowest BCUT2D eigenvalue weighted by molar-refractivity contribution is -0.144. The molecule has 0 radical (unpaired) electrons. The van der Waals surface area contributed by atoms with Crippen LogP contribution in [0.1, 0.15) is 143 Å². The van der Waals surface area contributed by atoms with E-state index in [4.69, 9.17) is 4.98 Å². The number of aryl methyl sites for hydroxylation is 1. The number of H-pyrrole nitrogens is 1. The van der Waals surface area contributed by atoms with E-state index in [2.05, 4.69) is 43.1 Å². The van der Waals surface area contributed by atoms with Crippen LogP contribution in [0.2, 0.25) is 0 Å². The maximum Gasteiger partial charge on any atom is 0.255 e. The van der Waals surface area contributed by atoms with Crippen LogP contribution in [0.5, 0.6) is 0 Å². The van der Waals surface area contributed by atoms with Crippen LogP contribution in [-0.2, 0) is 27.5 Å². The van der Waals surface area contributed by atoms with Crippen molar-refractivity contribution in [3.63, 3.8) is 0 Å². The average Bonchev–Trinajstić information content (AvgIpc) is 4.15. The maximum absolute atomic E-state index is 14.0. The van der Waals surface area contributed by atoms with Crippen LogP contribution in [0.15, 0.2) is 72.2 Å². The molecule has 2 saturated heterocycles. The number of hydrogen-bond donors (Lipinski definition) is 6. The van der Waals surface area contributed by atoms with Crippen molar-refractivity contribution in [3.8, 4) is 10.4 Å². The van der Waals surface area contributed by atoms with Gasteiger partial charge in [0.2, 0.25) is 17.7 Å². The topological polar surface area (TPSA) is 202 Å². The minimum Gasteiger partial charge on any atom is -0.391 e. The number of likely N-dealkylation sites (tertiary alicyclic amines) is 2. The summed E-state index contributed by atoms with van der Waals surface area (Å²) in [5.74, 6) is -0.501. The predicted octanol–water partition coefficient (Wildman–Crippen LogP) is 8.28. The molecular weight excluding hydrogens is 903 g/mol. The van der Waals surface area contributed by atoms with Crippen molar-refractivity contribution in [2.24, 2.45) is 5.41 Å². The highest BCUT2D eigenvalue weighted by Crippen LogP contribution is 2.29. The number of unbranched alkanes of at least 4 members (excludes halogenated alkanes) is 7. The van der Waals surface area contributed by atoms with E-state index in [-0.39, 0.29) is 49.0 Å². The van der Waals surface area contributed by atoms with Crippen LogP contribution >= 0.6 is 11.3 Å². The fraction of sp³-hybridized carbons (Fsp3) is 0.500. The molecule has 16 heteroatoms. The van der Waals surface area contributed by atoms with E-state index in [9.17, 15) is 29.1 Å². The van der Waals surface area contributed by atoms with Gasteiger partial charge in [-0.25, -0.2) is 9.97 Å². The molecule has 2 fully saturated rings. The number of fused-ring (bicyclic) bond motifs is 1. The van der Waals surface area contributed by atoms with Gasteiger partial charge >= 0.3 is 0 Å². The Kier molecular flexibility index (Phi) is 18.0. The average molecular weight is 974 g/mol. The van der Waals surface area contributed by atoms with Gasteiger partial charge in [0.15, 0.2) is 0 Å². The van der Waals surface area contributed by atoms with Gasteiger partial charge in [0, 0.05) is 55.3 Å². The van der Waals surface area contributed by atoms with Crippen LogP contribution in [-0.4, -0.2) is 103 Å². The highest BCUT2D eigenvalue weighted by Gasteiger charge is 2.44. The van der Waals surface area contributed by atoms with Crippen molar-refractivity contribution in [1.29, 1.82) is 0 Å². The molecule has 4 atom stereocenters. The third-order valence-electron chi connectivity index (χ3n) is 13.5. The Morgan fingerprint density at radius 3 is 2.29 bits per heavy atom. The fourth-order valence-corrected chi connectivity index (χ4v) is 10.2. The molecule has 2 aromatic heterocycles. The summed E-state index contributed by atoms with van der Waals surface area (Å²) in [6, 6.07) is 19.2. The first-order valence-corrected chi connectivity index (χ1v) is 26.0. The zero-order valence-corrected chi connectivity index (χ0v) is 42.3. The van der Waals surface area contributed by atoms with Gasteiger partial charge in [0.05, 0.1) is 39.8 Å². The van der Waals surface area contributed by atoms with Gasteiger partial charge in [-0.3, -0.25) is 28.9 Å². The Hall–Kier alpha value is -5.97. The summed E-state index contributed by atoms with van der Waals surface area (Å²) >= 11 is 1.58. The number of rotatable bonds is 22. The molecule has 3 aromatic carbocycles. The largest absolute Gasteiger partial charge is 0.391 e. The van der Waals surface area contributed by atoms with E-state index in [1.54, 1.807) is 35.6 Å². The molecular formula is C54H71N9O6S. The Bertz CT molecular complexity index is 2590. The molecule has 0 spiro atoms. The minimum absolute atomic E-state index is 0.0269. The molecule has 0 saturated carbocycles. The first kappa shape index (κ1) is 51.9. The molecule has 5 amide bonds. The number of carbonyl (C=O) groups is 5. The van der Waals surface area contributed by atoms with E-state index in [1.807, 2.05) is 75.7 Å². The molecule has 5 aromatic rings. The number of aliphatic hydroxyl groups excluding tert-OH is 1. The summed E-state index contributed by atoms with van der Waals surface area (Å²) in [5.41, 5.74) is 7.35. The first-order chi connectivity index (χ1) is 33.6. The molecule has 6 N–H and O–H groups in total. The number of hydrogen-bond acceptors (Lipinski definition) is 10. The molecule has 4 heterocycles. The lowest BCUT2D eigenvalue weighted by Crippen LogP contribution is -2.57. The molecule has 0 unspecified atom stereocenters. The van der Waals surface area contributed by atoms with E-state index < -0.39 is 23.6 Å². The Morgan fingerprint density at radius 2 is 1.60 bits per heavy atom. The molecule has 2 aliphatic heterocycles. The maximum atomic E-state index is 14.0. The van der Waals surface area contributed by atoms with Crippen LogP contribution < -0.4 is 21.3 Å². The molecule has 7 rings (SSSR count). The van der Waals surface area contributed by atoms with Crippen molar-refractivity contribution < 1.29 is 29.1 Å². The van der Waals surface area contributed by atoms with Gasteiger partial charge in [-0.1, -0.05) is 89.6 Å². The van der Waals surface area contributed by atoms with Gasteiger partial charge in [-0.2, -0.15) is 0 Å². The summed E-state index contributed by atoms with van der Waals surface area (Å²) in [4.78, 5) is 84.2. The normalized spacial score (nSPS) is 17.7. The fourth-order valence-electron chi connectivity index (χ4n) is 9.43.